The first-order valence-corrected chi connectivity index (χ1v) is 11.5. The number of nitrogens with one attached hydrogen (secondary N) is 1. The number of rotatable bonds is 4. The topological polar surface area (TPSA) is 66.5 Å². The van der Waals surface area contributed by atoms with Crippen molar-refractivity contribution in [1.82, 2.24) is 0 Å². The van der Waals surface area contributed by atoms with Gasteiger partial charge in [0.1, 0.15) is 0 Å². The molecule has 1 N–H and O–H groups in total. The fourth-order valence-electron chi connectivity index (χ4n) is 3.46. The Bertz CT molecular complexity index is 1300. The van der Waals surface area contributed by atoms with Gasteiger partial charge in [-0.05, 0) is 49.2 Å². The number of benzene rings is 3. The number of aryl methyl sites for hydroxylation is 1. The first-order chi connectivity index (χ1) is 14.8. The highest BCUT2D eigenvalue weighted by Crippen LogP contribution is 2.36. The molecule has 0 aromatic heterocycles. The number of ketones is 1. The number of carbonyl (C=O) groups excluding carboxylic acids is 1. The van der Waals surface area contributed by atoms with E-state index in [-0.39, 0.29) is 11.4 Å². The first kappa shape index (κ1) is 21.2. The number of carbonyl (C=O) groups is 1. The van der Waals surface area contributed by atoms with Crippen LogP contribution in [-0.4, -0.2) is 14.2 Å². The molecule has 0 radical (unpaired) electrons. The molecule has 1 aliphatic heterocycles. The predicted octanol–water partition coefficient (Wildman–Crippen LogP) is 5.44. The smallest absolute Gasteiger partial charge is 0.270 e. The third-order valence-electron chi connectivity index (χ3n) is 5.28. The number of allylic oxidation sites excluding steroid dienone is 1. The molecule has 7 heteroatoms. The van der Waals surface area contributed by atoms with Gasteiger partial charge in [-0.15, -0.1) is 0 Å². The summed E-state index contributed by atoms with van der Waals surface area (Å²) in [4.78, 5) is 12.8. The highest BCUT2D eigenvalue weighted by atomic mass is 35.5. The zero-order chi connectivity index (χ0) is 22.2. The summed E-state index contributed by atoms with van der Waals surface area (Å²) in [6, 6.07) is 19.7. The van der Waals surface area contributed by atoms with Gasteiger partial charge < -0.3 is 5.32 Å². The van der Waals surface area contributed by atoms with Crippen LogP contribution in [0.3, 0.4) is 0 Å². The van der Waals surface area contributed by atoms with Crippen LogP contribution in [-0.2, 0) is 16.6 Å². The standard InChI is InChI=1S/C24H21ClN2O3S/c1-16-10-12-18(13-11-16)15-27-22-9-4-3-6-19(22)24(28)23(31(27,29)30)14-26-21-8-5-7-20(25)17(21)2/h3-14,26H,15H2,1-2H3/b23-14+. The van der Waals surface area contributed by atoms with Crippen LogP contribution in [0.1, 0.15) is 27.0 Å². The molecule has 0 fully saturated rings. The summed E-state index contributed by atoms with van der Waals surface area (Å²) in [6.07, 6.45) is 1.26. The lowest BCUT2D eigenvalue weighted by Crippen LogP contribution is -2.39. The van der Waals surface area contributed by atoms with E-state index in [9.17, 15) is 13.2 Å². The van der Waals surface area contributed by atoms with Crippen molar-refractivity contribution in [2.75, 3.05) is 9.62 Å². The van der Waals surface area contributed by atoms with Gasteiger partial charge in [0.05, 0.1) is 12.2 Å². The number of Topliss-reactive ketones (excluding diaryl/α,β-unsaturated/α-hetero) is 1. The lowest BCUT2D eigenvalue weighted by molar-refractivity contribution is 0.104. The number of fused-ring (bicyclic) bond motifs is 1. The van der Waals surface area contributed by atoms with Gasteiger partial charge in [0.15, 0.2) is 4.91 Å². The zero-order valence-corrected chi connectivity index (χ0v) is 18.7. The van der Waals surface area contributed by atoms with Crippen molar-refractivity contribution in [2.45, 2.75) is 20.4 Å². The molecule has 1 heterocycles. The Labute approximate surface area is 187 Å². The predicted molar refractivity (Wildman–Crippen MR) is 125 cm³/mol. The van der Waals surface area contributed by atoms with Gasteiger partial charge in [0, 0.05) is 22.5 Å². The molecule has 4 rings (SSSR count). The van der Waals surface area contributed by atoms with E-state index in [0.717, 1.165) is 16.7 Å². The Kier molecular flexibility index (Phi) is 5.60. The van der Waals surface area contributed by atoms with Gasteiger partial charge in [-0.3, -0.25) is 9.10 Å². The molecule has 158 valence electrons. The largest absolute Gasteiger partial charge is 0.360 e. The Morgan fingerprint density at radius 2 is 1.68 bits per heavy atom. The molecule has 0 unspecified atom stereocenters. The Hall–Kier alpha value is -3.09. The molecule has 0 spiro atoms. The molecule has 0 saturated carbocycles. The minimum absolute atomic E-state index is 0.125. The second-order valence-corrected chi connectivity index (χ2v) is 9.65. The van der Waals surface area contributed by atoms with E-state index in [1.807, 2.05) is 38.1 Å². The zero-order valence-electron chi connectivity index (χ0n) is 17.1. The van der Waals surface area contributed by atoms with E-state index in [1.54, 1.807) is 42.5 Å². The highest BCUT2D eigenvalue weighted by Gasteiger charge is 2.40. The van der Waals surface area contributed by atoms with Crippen LogP contribution >= 0.6 is 11.6 Å². The summed E-state index contributed by atoms with van der Waals surface area (Å²) in [7, 11) is -4.08. The molecule has 0 aliphatic carbocycles. The van der Waals surface area contributed by atoms with Crippen LogP contribution in [0.15, 0.2) is 77.8 Å². The molecule has 0 amide bonds. The van der Waals surface area contributed by atoms with Crippen LogP contribution in [0.5, 0.6) is 0 Å². The van der Waals surface area contributed by atoms with Gasteiger partial charge in [0.25, 0.3) is 10.0 Å². The lowest BCUT2D eigenvalue weighted by atomic mass is 10.1. The number of nitrogens with zero attached hydrogens (tertiary/aromatic N) is 1. The third kappa shape index (κ3) is 3.96. The Morgan fingerprint density at radius 1 is 0.968 bits per heavy atom. The van der Waals surface area contributed by atoms with Crippen LogP contribution in [0.25, 0.3) is 0 Å². The van der Waals surface area contributed by atoms with Gasteiger partial charge >= 0.3 is 0 Å². The van der Waals surface area contributed by atoms with Crippen LogP contribution < -0.4 is 9.62 Å². The summed E-state index contributed by atoms with van der Waals surface area (Å²) < 4.78 is 28.3. The number of sulfonamides is 1. The minimum Gasteiger partial charge on any atom is -0.360 e. The number of halogens is 1. The summed E-state index contributed by atoms with van der Waals surface area (Å²) in [5.41, 5.74) is 4.04. The summed E-state index contributed by atoms with van der Waals surface area (Å²) in [5, 5.41) is 3.51. The van der Waals surface area contributed by atoms with Crippen LogP contribution in [0.2, 0.25) is 5.02 Å². The molecule has 0 saturated heterocycles. The molecule has 1 aliphatic rings. The van der Waals surface area contributed by atoms with E-state index in [1.165, 1.54) is 10.5 Å². The number of hydrogen-bond acceptors (Lipinski definition) is 4. The summed E-state index contributed by atoms with van der Waals surface area (Å²) in [6.45, 7) is 3.92. The van der Waals surface area contributed by atoms with E-state index in [0.29, 0.717) is 22.0 Å². The maximum Gasteiger partial charge on any atom is 0.270 e. The molecule has 31 heavy (non-hydrogen) atoms. The summed E-state index contributed by atoms with van der Waals surface area (Å²) >= 11 is 6.16. The monoisotopic (exact) mass is 452 g/mol. The van der Waals surface area contributed by atoms with E-state index in [2.05, 4.69) is 5.32 Å². The van der Waals surface area contributed by atoms with Gasteiger partial charge in [-0.25, -0.2) is 8.42 Å². The van der Waals surface area contributed by atoms with Crippen molar-refractivity contribution in [3.63, 3.8) is 0 Å². The normalized spacial score (nSPS) is 16.3. The van der Waals surface area contributed by atoms with E-state index in [4.69, 9.17) is 11.6 Å². The SMILES string of the molecule is Cc1ccc(CN2c3ccccc3C(=O)/C(=C\Nc3cccc(Cl)c3C)S2(=O)=O)cc1. The van der Waals surface area contributed by atoms with E-state index >= 15 is 0 Å². The van der Waals surface area contributed by atoms with Gasteiger partial charge in [-0.2, -0.15) is 0 Å². The number of para-hydroxylation sites is 1. The first-order valence-electron chi connectivity index (χ1n) is 9.73. The molecule has 0 bridgehead atoms. The second kappa shape index (κ2) is 8.21. The van der Waals surface area contributed by atoms with Gasteiger partial charge in [-0.1, -0.05) is 59.6 Å². The van der Waals surface area contributed by atoms with Crippen LogP contribution in [0, 0.1) is 13.8 Å². The van der Waals surface area contributed by atoms with Crippen LogP contribution in [0.4, 0.5) is 11.4 Å². The molecular formula is C24H21ClN2O3S. The Morgan fingerprint density at radius 3 is 2.42 bits per heavy atom. The van der Waals surface area contributed by atoms with Gasteiger partial charge in [0.2, 0.25) is 5.78 Å². The lowest BCUT2D eigenvalue weighted by Gasteiger charge is -2.31. The van der Waals surface area contributed by atoms with Crippen molar-refractivity contribution in [2.24, 2.45) is 0 Å². The fraction of sp³-hybridized carbons (Fsp3) is 0.125. The maximum atomic E-state index is 13.5. The van der Waals surface area contributed by atoms with Crippen molar-refractivity contribution in [1.29, 1.82) is 0 Å². The second-order valence-electron chi connectivity index (χ2n) is 7.41. The molecule has 0 atom stereocenters. The van der Waals surface area contributed by atoms with Crippen molar-refractivity contribution >= 4 is 38.8 Å². The molecule has 3 aromatic carbocycles. The molecule has 3 aromatic rings. The Balaban J connectivity index is 1.79. The minimum atomic E-state index is -4.08. The third-order valence-corrected chi connectivity index (χ3v) is 7.46. The quantitative estimate of drug-likeness (QED) is 0.535. The maximum absolute atomic E-state index is 13.5. The van der Waals surface area contributed by atoms with Crippen molar-refractivity contribution in [3.05, 3.63) is 105 Å². The number of hydrogen-bond donors (Lipinski definition) is 1. The summed E-state index contributed by atoms with van der Waals surface area (Å²) in [5.74, 6) is -0.539. The highest BCUT2D eigenvalue weighted by molar-refractivity contribution is 7.97. The van der Waals surface area contributed by atoms with Crippen molar-refractivity contribution in [3.8, 4) is 0 Å². The average molecular weight is 453 g/mol. The van der Waals surface area contributed by atoms with Crippen molar-refractivity contribution < 1.29 is 13.2 Å². The van der Waals surface area contributed by atoms with E-state index < -0.39 is 15.8 Å². The molecular weight excluding hydrogens is 432 g/mol. The average Bonchev–Trinajstić information content (AvgIpc) is 2.75. The number of anilines is 2. The fourth-order valence-corrected chi connectivity index (χ4v) is 5.16. The molecule has 5 nitrogen and oxygen atoms in total.